The lowest BCUT2D eigenvalue weighted by molar-refractivity contribution is 0.151. The highest BCUT2D eigenvalue weighted by atomic mass is 16.3. The summed E-state index contributed by atoms with van der Waals surface area (Å²) in [6, 6.07) is 7.94. The zero-order valence-corrected chi connectivity index (χ0v) is 14.2. The summed E-state index contributed by atoms with van der Waals surface area (Å²) in [6.45, 7) is 2.23. The number of piperidine rings is 1. The molecular formula is C20H24N2O2. The number of phenols is 1. The van der Waals surface area contributed by atoms with Crippen LogP contribution >= 0.6 is 0 Å². The topological polar surface area (TPSA) is 56.6 Å². The highest BCUT2D eigenvalue weighted by Gasteiger charge is 2.37. The van der Waals surface area contributed by atoms with Crippen LogP contribution in [0.1, 0.15) is 38.2 Å². The second-order valence-electron chi connectivity index (χ2n) is 7.16. The number of pyridine rings is 1. The van der Waals surface area contributed by atoms with Crippen molar-refractivity contribution in [3.05, 3.63) is 41.7 Å². The Hall–Kier alpha value is -2.07. The molecule has 2 heterocycles. The fraction of sp³-hybridized carbons (Fsp3) is 0.450. The molecule has 4 heteroatoms. The molecule has 2 aromatic rings. The molecule has 1 aromatic carbocycles. The number of hydrogen-bond acceptors (Lipinski definition) is 4. The van der Waals surface area contributed by atoms with Crippen LogP contribution in [0.2, 0.25) is 0 Å². The molecule has 0 amide bonds. The minimum absolute atomic E-state index is 0.204. The summed E-state index contributed by atoms with van der Waals surface area (Å²) in [5.41, 5.74) is 3.55. The number of rotatable bonds is 1. The van der Waals surface area contributed by atoms with Crippen molar-refractivity contribution in [3.8, 4) is 5.75 Å². The minimum atomic E-state index is -0.553. The van der Waals surface area contributed by atoms with Crippen molar-refractivity contribution < 1.29 is 10.2 Å². The number of allylic oxidation sites excluding steroid dienone is 1. The quantitative estimate of drug-likeness (QED) is 0.842. The van der Waals surface area contributed by atoms with Crippen molar-refractivity contribution in [2.45, 2.75) is 44.8 Å². The number of nitrogens with zero attached hydrogens (tertiary/aromatic N) is 2. The van der Waals surface area contributed by atoms with Crippen LogP contribution in [0, 0.1) is 5.92 Å². The minimum Gasteiger partial charge on any atom is -0.507 e. The number of aliphatic hydroxyl groups excluding tert-OH is 1. The van der Waals surface area contributed by atoms with Gasteiger partial charge in [-0.2, -0.15) is 0 Å². The molecule has 2 unspecified atom stereocenters. The second kappa shape index (κ2) is 5.78. The maximum absolute atomic E-state index is 10.8. The average molecular weight is 324 g/mol. The molecular weight excluding hydrogens is 300 g/mol. The van der Waals surface area contributed by atoms with Crippen molar-refractivity contribution in [2.75, 3.05) is 7.05 Å². The molecule has 0 bridgehead atoms. The summed E-state index contributed by atoms with van der Waals surface area (Å²) < 4.78 is 0. The van der Waals surface area contributed by atoms with E-state index >= 15 is 0 Å². The maximum Gasteiger partial charge on any atom is 0.125 e. The largest absolute Gasteiger partial charge is 0.507 e. The Morgan fingerprint density at radius 1 is 1.12 bits per heavy atom. The fourth-order valence-electron chi connectivity index (χ4n) is 4.36. The number of aliphatic hydroxyl groups is 1. The average Bonchev–Trinajstić information content (AvgIpc) is 2.59. The molecule has 2 N–H and O–H groups in total. The lowest BCUT2D eigenvalue weighted by Gasteiger charge is -2.44. The van der Waals surface area contributed by atoms with Crippen molar-refractivity contribution in [1.82, 2.24) is 9.88 Å². The third-order valence-electron chi connectivity index (χ3n) is 5.78. The van der Waals surface area contributed by atoms with Crippen LogP contribution in [-0.2, 0) is 0 Å². The summed E-state index contributed by atoms with van der Waals surface area (Å²) in [7, 11) is 2.11. The Labute approximate surface area is 142 Å². The number of aromatic nitrogens is 1. The van der Waals surface area contributed by atoms with E-state index in [1.165, 1.54) is 12.1 Å². The predicted molar refractivity (Wildman–Crippen MR) is 95.5 cm³/mol. The Morgan fingerprint density at radius 3 is 2.75 bits per heavy atom. The first-order chi connectivity index (χ1) is 11.6. The lowest BCUT2D eigenvalue weighted by Crippen LogP contribution is -2.41. The van der Waals surface area contributed by atoms with Crippen LogP contribution in [0.4, 0.5) is 0 Å². The molecule has 1 aliphatic carbocycles. The molecule has 24 heavy (non-hydrogen) atoms. The SMILES string of the molecule is CC1CCC2CC[C@@H](O)C(c3c(O)ccc4cccnc34)=C2N1C. The molecule has 0 saturated carbocycles. The van der Waals surface area contributed by atoms with E-state index in [9.17, 15) is 10.2 Å². The van der Waals surface area contributed by atoms with E-state index in [-0.39, 0.29) is 5.75 Å². The molecule has 0 spiro atoms. The van der Waals surface area contributed by atoms with Gasteiger partial charge in [0.1, 0.15) is 5.75 Å². The van der Waals surface area contributed by atoms with Gasteiger partial charge in [0.25, 0.3) is 0 Å². The van der Waals surface area contributed by atoms with E-state index in [1.807, 2.05) is 18.2 Å². The number of aromatic hydroxyl groups is 1. The van der Waals surface area contributed by atoms with E-state index in [2.05, 4.69) is 23.9 Å². The van der Waals surface area contributed by atoms with Crippen molar-refractivity contribution in [1.29, 1.82) is 0 Å². The van der Waals surface area contributed by atoms with Crippen LogP contribution in [-0.4, -0.2) is 39.3 Å². The standard InChI is InChI=1S/C20H24N2O2/c1-12-5-6-14-8-10-16(24)18(20(14)22(12)2)17-15(23)9-7-13-4-3-11-21-19(13)17/h3-4,7,9,11-12,14,16,23-24H,5-6,8,10H2,1-2H3/t12?,14?,16-/m1/s1. The van der Waals surface area contributed by atoms with Gasteiger partial charge in [-0.1, -0.05) is 6.07 Å². The van der Waals surface area contributed by atoms with E-state index in [0.29, 0.717) is 17.5 Å². The first kappa shape index (κ1) is 15.5. The van der Waals surface area contributed by atoms with Gasteiger partial charge in [-0.25, -0.2) is 0 Å². The Kier molecular flexibility index (Phi) is 3.72. The van der Waals surface area contributed by atoms with E-state index in [4.69, 9.17) is 0 Å². The number of benzene rings is 1. The monoisotopic (exact) mass is 324 g/mol. The summed E-state index contributed by atoms with van der Waals surface area (Å²) >= 11 is 0. The zero-order chi connectivity index (χ0) is 16.8. The Balaban J connectivity index is 2.02. The highest BCUT2D eigenvalue weighted by Crippen LogP contribution is 2.46. The predicted octanol–water partition coefficient (Wildman–Crippen LogP) is 3.54. The fourth-order valence-corrected chi connectivity index (χ4v) is 4.36. The number of hydrogen-bond donors (Lipinski definition) is 2. The van der Waals surface area contributed by atoms with Crippen molar-refractivity contribution >= 4 is 16.5 Å². The molecule has 1 aliphatic heterocycles. The molecule has 1 fully saturated rings. The normalized spacial score (nSPS) is 27.5. The van der Waals surface area contributed by atoms with Crippen LogP contribution in [0.15, 0.2) is 36.2 Å². The molecule has 3 atom stereocenters. The number of fused-ring (bicyclic) bond motifs is 2. The van der Waals surface area contributed by atoms with Gasteiger partial charge in [-0.05, 0) is 56.7 Å². The summed E-state index contributed by atoms with van der Waals surface area (Å²) in [4.78, 5) is 6.81. The van der Waals surface area contributed by atoms with Crippen LogP contribution < -0.4 is 0 Å². The molecule has 4 nitrogen and oxygen atoms in total. The number of phenolic OH excluding ortho intramolecular Hbond substituents is 1. The highest BCUT2D eigenvalue weighted by molar-refractivity contribution is 5.95. The van der Waals surface area contributed by atoms with Crippen LogP contribution in [0.5, 0.6) is 5.75 Å². The first-order valence-corrected chi connectivity index (χ1v) is 8.80. The van der Waals surface area contributed by atoms with Gasteiger partial charge in [0.2, 0.25) is 0 Å². The van der Waals surface area contributed by atoms with Crippen molar-refractivity contribution in [3.63, 3.8) is 0 Å². The van der Waals surface area contributed by atoms with Crippen LogP contribution in [0.25, 0.3) is 16.5 Å². The van der Waals surface area contributed by atoms with E-state index in [1.54, 1.807) is 12.3 Å². The van der Waals surface area contributed by atoms with Crippen molar-refractivity contribution in [2.24, 2.45) is 5.92 Å². The lowest BCUT2D eigenvalue weighted by atomic mass is 9.76. The van der Waals surface area contributed by atoms with E-state index in [0.717, 1.165) is 35.7 Å². The van der Waals surface area contributed by atoms with Crippen LogP contribution in [0.3, 0.4) is 0 Å². The molecule has 1 saturated heterocycles. The maximum atomic E-state index is 10.8. The molecule has 4 rings (SSSR count). The number of likely N-dealkylation sites (tertiary alicyclic amines) is 1. The molecule has 2 aliphatic rings. The van der Waals surface area contributed by atoms with E-state index < -0.39 is 6.10 Å². The third-order valence-corrected chi connectivity index (χ3v) is 5.78. The Morgan fingerprint density at radius 2 is 1.92 bits per heavy atom. The zero-order valence-electron chi connectivity index (χ0n) is 14.2. The smallest absolute Gasteiger partial charge is 0.125 e. The molecule has 1 aromatic heterocycles. The van der Waals surface area contributed by atoms with Gasteiger partial charge in [-0.3, -0.25) is 4.98 Å². The summed E-state index contributed by atoms with van der Waals surface area (Å²) in [5.74, 6) is 0.665. The second-order valence-corrected chi connectivity index (χ2v) is 7.16. The summed E-state index contributed by atoms with van der Waals surface area (Å²) in [6.07, 6.45) is 5.27. The van der Waals surface area contributed by atoms with Gasteiger partial charge in [0.05, 0.1) is 17.2 Å². The van der Waals surface area contributed by atoms with Gasteiger partial charge in [0, 0.05) is 35.9 Å². The first-order valence-electron chi connectivity index (χ1n) is 8.80. The molecule has 126 valence electrons. The molecule has 0 radical (unpaired) electrons. The van der Waals surface area contributed by atoms with Gasteiger partial charge in [-0.15, -0.1) is 0 Å². The Bertz CT molecular complexity index is 814. The summed E-state index contributed by atoms with van der Waals surface area (Å²) in [5, 5.41) is 22.4. The third kappa shape index (κ3) is 2.28. The van der Waals surface area contributed by atoms with Gasteiger partial charge < -0.3 is 15.1 Å². The van der Waals surface area contributed by atoms with Gasteiger partial charge >= 0.3 is 0 Å². The van der Waals surface area contributed by atoms with Gasteiger partial charge in [0.15, 0.2) is 0 Å².